The van der Waals surface area contributed by atoms with Crippen LogP contribution < -0.4 is 10.1 Å². The summed E-state index contributed by atoms with van der Waals surface area (Å²) in [6.45, 7) is 1.30. The van der Waals surface area contributed by atoms with E-state index in [0.717, 1.165) is 5.56 Å². The third-order valence-corrected chi connectivity index (χ3v) is 3.85. The predicted octanol–water partition coefficient (Wildman–Crippen LogP) is 3.09. The van der Waals surface area contributed by atoms with E-state index in [4.69, 9.17) is 21.1 Å². The van der Waals surface area contributed by atoms with Crippen molar-refractivity contribution in [3.05, 3.63) is 58.6 Å². The van der Waals surface area contributed by atoms with Gasteiger partial charge in [0.25, 0.3) is 5.91 Å². The largest absolute Gasteiger partial charge is 0.507 e. The zero-order chi connectivity index (χ0) is 18.4. The summed E-state index contributed by atoms with van der Waals surface area (Å²) in [6, 6.07) is 11.0. The van der Waals surface area contributed by atoms with Crippen LogP contribution in [0.25, 0.3) is 0 Å². The fourth-order valence-electron chi connectivity index (χ4n) is 2.21. The van der Waals surface area contributed by atoms with E-state index in [1.54, 1.807) is 25.1 Å². The van der Waals surface area contributed by atoms with E-state index < -0.39 is 18.5 Å². The van der Waals surface area contributed by atoms with Crippen LogP contribution in [-0.2, 0) is 9.53 Å². The summed E-state index contributed by atoms with van der Waals surface area (Å²) in [7, 11) is 1.44. The number of halogens is 1. The van der Waals surface area contributed by atoms with Gasteiger partial charge < -0.3 is 19.9 Å². The van der Waals surface area contributed by atoms with E-state index in [1.165, 1.54) is 25.3 Å². The minimum absolute atomic E-state index is 0.0484. The quantitative estimate of drug-likeness (QED) is 0.770. The number of ether oxygens (including phenoxy) is 2. The molecule has 2 aromatic carbocycles. The lowest BCUT2D eigenvalue weighted by Gasteiger charge is -2.15. The van der Waals surface area contributed by atoms with Crippen LogP contribution in [-0.4, -0.2) is 30.7 Å². The van der Waals surface area contributed by atoms with Gasteiger partial charge in [0.1, 0.15) is 17.1 Å². The number of phenols is 1. The van der Waals surface area contributed by atoms with Crippen LogP contribution in [0.1, 0.15) is 28.9 Å². The molecular weight excluding hydrogens is 346 g/mol. The van der Waals surface area contributed by atoms with Crippen molar-refractivity contribution in [2.24, 2.45) is 0 Å². The first-order valence-electron chi connectivity index (χ1n) is 7.50. The van der Waals surface area contributed by atoms with Crippen molar-refractivity contribution in [3.63, 3.8) is 0 Å². The van der Waals surface area contributed by atoms with Gasteiger partial charge in [0, 0.05) is 11.1 Å². The molecule has 6 nitrogen and oxygen atoms in total. The summed E-state index contributed by atoms with van der Waals surface area (Å²) in [4.78, 5) is 23.9. The van der Waals surface area contributed by atoms with Crippen molar-refractivity contribution in [3.8, 4) is 11.5 Å². The average molecular weight is 364 g/mol. The van der Waals surface area contributed by atoms with Crippen LogP contribution in [0.2, 0.25) is 5.02 Å². The summed E-state index contributed by atoms with van der Waals surface area (Å²) in [6.07, 6.45) is 0. The van der Waals surface area contributed by atoms with E-state index in [-0.39, 0.29) is 17.4 Å². The predicted molar refractivity (Wildman–Crippen MR) is 93.0 cm³/mol. The smallest absolute Gasteiger partial charge is 0.342 e. The highest BCUT2D eigenvalue weighted by molar-refractivity contribution is 6.31. The summed E-state index contributed by atoms with van der Waals surface area (Å²) >= 11 is 6.08. The van der Waals surface area contributed by atoms with Crippen LogP contribution in [0, 0.1) is 0 Å². The van der Waals surface area contributed by atoms with Gasteiger partial charge in [0.2, 0.25) is 0 Å². The second kappa shape index (κ2) is 8.39. The summed E-state index contributed by atoms with van der Waals surface area (Å²) in [5.41, 5.74) is 0.712. The van der Waals surface area contributed by atoms with E-state index >= 15 is 0 Å². The molecule has 0 aliphatic rings. The number of hydrogen-bond donors (Lipinski definition) is 2. The van der Waals surface area contributed by atoms with Gasteiger partial charge in [-0.25, -0.2) is 4.79 Å². The minimum Gasteiger partial charge on any atom is -0.507 e. The van der Waals surface area contributed by atoms with Crippen LogP contribution in [0.5, 0.6) is 11.5 Å². The average Bonchev–Trinajstić information content (AvgIpc) is 2.59. The maximum Gasteiger partial charge on any atom is 0.342 e. The maximum atomic E-state index is 12.0. The van der Waals surface area contributed by atoms with Crippen molar-refractivity contribution < 1.29 is 24.2 Å². The standard InChI is InChI=1S/C18H18ClNO5/c1-11(13-5-3-4-6-15(13)19)20-17(22)10-25-18(23)14-8-7-12(24-2)9-16(14)21/h3-9,11,21H,10H2,1-2H3,(H,20,22)/t11-/m0/s1. The fourth-order valence-corrected chi connectivity index (χ4v) is 2.51. The molecule has 25 heavy (non-hydrogen) atoms. The Morgan fingerprint density at radius 1 is 1.24 bits per heavy atom. The van der Waals surface area contributed by atoms with E-state index in [0.29, 0.717) is 10.8 Å². The highest BCUT2D eigenvalue weighted by Crippen LogP contribution is 2.24. The van der Waals surface area contributed by atoms with E-state index in [1.807, 2.05) is 6.07 Å². The normalized spacial score (nSPS) is 11.5. The van der Waals surface area contributed by atoms with Crippen LogP contribution in [0.15, 0.2) is 42.5 Å². The van der Waals surface area contributed by atoms with Gasteiger partial charge in [0.05, 0.1) is 13.2 Å². The van der Waals surface area contributed by atoms with Gasteiger partial charge in [-0.3, -0.25) is 4.79 Å². The first-order valence-corrected chi connectivity index (χ1v) is 7.88. The molecule has 7 heteroatoms. The summed E-state index contributed by atoms with van der Waals surface area (Å²) in [5, 5.41) is 13.0. The van der Waals surface area contributed by atoms with Crippen molar-refractivity contribution in [2.45, 2.75) is 13.0 Å². The molecule has 0 fully saturated rings. The molecule has 0 aliphatic carbocycles. The Morgan fingerprint density at radius 2 is 1.96 bits per heavy atom. The van der Waals surface area contributed by atoms with E-state index in [2.05, 4.69) is 5.32 Å². The van der Waals surface area contributed by atoms with E-state index in [9.17, 15) is 14.7 Å². The first kappa shape index (κ1) is 18.6. The topological polar surface area (TPSA) is 84.9 Å². The number of rotatable bonds is 6. The molecule has 1 amide bonds. The van der Waals surface area contributed by atoms with Crippen LogP contribution in [0.3, 0.4) is 0 Å². The van der Waals surface area contributed by atoms with Gasteiger partial charge in [-0.2, -0.15) is 0 Å². The van der Waals surface area contributed by atoms with Gasteiger partial charge in [-0.15, -0.1) is 0 Å². The molecule has 0 bridgehead atoms. The number of benzene rings is 2. The molecule has 0 saturated carbocycles. The van der Waals surface area contributed by atoms with Crippen LogP contribution in [0.4, 0.5) is 0 Å². The van der Waals surface area contributed by atoms with Gasteiger partial charge >= 0.3 is 5.97 Å². The highest BCUT2D eigenvalue weighted by atomic mass is 35.5. The Morgan fingerprint density at radius 3 is 2.60 bits per heavy atom. The SMILES string of the molecule is COc1ccc(C(=O)OCC(=O)N[C@@H](C)c2ccccc2Cl)c(O)c1. The molecule has 2 aromatic rings. The monoisotopic (exact) mass is 363 g/mol. The molecule has 2 rings (SSSR count). The highest BCUT2D eigenvalue weighted by Gasteiger charge is 2.17. The number of methoxy groups -OCH3 is 1. The molecule has 2 N–H and O–H groups in total. The van der Waals surface area contributed by atoms with Crippen LogP contribution >= 0.6 is 11.6 Å². The van der Waals surface area contributed by atoms with Gasteiger partial charge in [0.15, 0.2) is 6.61 Å². The Kier molecular flexibility index (Phi) is 6.25. The number of carbonyl (C=O) groups excluding carboxylic acids is 2. The lowest BCUT2D eigenvalue weighted by molar-refractivity contribution is -0.124. The summed E-state index contributed by atoms with van der Waals surface area (Å²) < 4.78 is 9.86. The fraction of sp³-hybridized carbons (Fsp3) is 0.222. The molecule has 132 valence electrons. The number of hydrogen-bond acceptors (Lipinski definition) is 5. The number of amides is 1. The Bertz CT molecular complexity index is 778. The third-order valence-electron chi connectivity index (χ3n) is 3.51. The molecule has 0 unspecified atom stereocenters. The Balaban J connectivity index is 1.91. The molecular formula is C18H18ClNO5. The van der Waals surface area contributed by atoms with Crippen molar-refractivity contribution in [1.82, 2.24) is 5.32 Å². The van der Waals surface area contributed by atoms with Crippen molar-refractivity contribution in [1.29, 1.82) is 0 Å². The maximum absolute atomic E-state index is 12.0. The molecule has 0 aliphatic heterocycles. The van der Waals surface area contributed by atoms with Gasteiger partial charge in [-0.1, -0.05) is 29.8 Å². The number of esters is 1. The Labute approximate surface area is 150 Å². The molecule has 0 radical (unpaired) electrons. The number of nitrogens with one attached hydrogen (secondary N) is 1. The first-order chi connectivity index (χ1) is 11.9. The number of phenolic OH excluding ortho intramolecular Hbond substituents is 1. The molecule has 1 atom stereocenters. The molecule has 0 heterocycles. The zero-order valence-corrected chi connectivity index (χ0v) is 14.5. The van der Waals surface area contributed by atoms with Crippen molar-refractivity contribution >= 4 is 23.5 Å². The number of carbonyl (C=O) groups is 2. The second-order valence-corrected chi connectivity index (χ2v) is 5.68. The lowest BCUT2D eigenvalue weighted by atomic mass is 10.1. The second-order valence-electron chi connectivity index (χ2n) is 5.27. The lowest BCUT2D eigenvalue weighted by Crippen LogP contribution is -2.31. The molecule has 0 spiro atoms. The summed E-state index contributed by atoms with van der Waals surface area (Å²) in [5.74, 6) is -1.16. The molecule has 0 saturated heterocycles. The zero-order valence-electron chi connectivity index (χ0n) is 13.8. The van der Waals surface area contributed by atoms with Crippen molar-refractivity contribution in [2.75, 3.05) is 13.7 Å². The third kappa shape index (κ3) is 4.87. The number of aromatic hydroxyl groups is 1. The Hall–Kier alpha value is -2.73. The molecule has 0 aromatic heterocycles. The minimum atomic E-state index is -0.805. The van der Waals surface area contributed by atoms with Gasteiger partial charge in [-0.05, 0) is 30.7 Å².